The topological polar surface area (TPSA) is 41.6 Å². The van der Waals surface area contributed by atoms with Gasteiger partial charge in [-0.05, 0) is 31.9 Å². The molecule has 0 spiro atoms. The van der Waals surface area contributed by atoms with Crippen molar-refractivity contribution in [3.8, 4) is 0 Å². The minimum Gasteiger partial charge on any atom is -0.387 e. The highest BCUT2D eigenvalue weighted by molar-refractivity contribution is 5.99. The molecule has 1 aromatic carbocycles. The Kier molecular flexibility index (Phi) is 4.43. The summed E-state index contributed by atoms with van der Waals surface area (Å²) in [6.45, 7) is 3.55. The molecule has 104 valence electrons. The Morgan fingerprint density at radius 1 is 1.37 bits per heavy atom. The second-order valence-corrected chi connectivity index (χ2v) is 5.03. The van der Waals surface area contributed by atoms with E-state index in [0.717, 1.165) is 42.7 Å². The molecule has 1 aliphatic heterocycles. The molecule has 1 aromatic rings. The van der Waals surface area contributed by atoms with E-state index in [4.69, 9.17) is 4.74 Å². The number of carbonyl (C=O) groups is 1. The lowest BCUT2D eigenvalue weighted by atomic mass is 10.0. The molecular formula is C15H22N2O2. The predicted octanol–water partition coefficient (Wildman–Crippen LogP) is 2.29. The van der Waals surface area contributed by atoms with Crippen molar-refractivity contribution in [3.63, 3.8) is 0 Å². The maximum absolute atomic E-state index is 12.6. The number of anilines is 1. The summed E-state index contributed by atoms with van der Waals surface area (Å²) in [6.07, 6.45) is 2.14. The predicted molar refractivity (Wildman–Crippen MR) is 76.7 cm³/mol. The number of nitrogens with zero attached hydrogens (tertiary/aromatic N) is 1. The lowest BCUT2D eigenvalue weighted by Crippen LogP contribution is -2.40. The van der Waals surface area contributed by atoms with Gasteiger partial charge in [0.25, 0.3) is 5.91 Å². The largest absolute Gasteiger partial charge is 0.387 e. The molecule has 0 aromatic heterocycles. The van der Waals surface area contributed by atoms with Gasteiger partial charge in [-0.25, -0.2) is 0 Å². The van der Waals surface area contributed by atoms with Crippen LogP contribution in [-0.2, 0) is 4.74 Å². The highest BCUT2D eigenvalue weighted by atomic mass is 16.5. The molecule has 1 N–H and O–H groups in total. The van der Waals surface area contributed by atoms with E-state index in [1.807, 2.05) is 37.1 Å². The first-order chi connectivity index (χ1) is 9.15. The molecule has 0 aliphatic carbocycles. The summed E-state index contributed by atoms with van der Waals surface area (Å²) in [5.74, 6) is 0.114. The van der Waals surface area contributed by atoms with Crippen molar-refractivity contribution in [1.29, 1.82) is 0 Å². The van der Waals surface area contributed by atoms with Crippen LogP contribution in [0.4, 0.5) is 5.69 Å². The maximum Gasteiger partial charge on any atom is 0.255 e. The molecular weight excluding hydrogens is 240 g/mol. The monoisotopic (exact) mass is 262 g/mol. The van der Waals surface area contributed by atoms with Crippen molar-refractivity contribution in [1.82, 2.24) is 4.90 Å². The fraction of sp³-hybridized carbons (Fsp3) is 0.533. The standard InChI is InChI=1S/C15H22N2O2/c1-11-4-5-14(16-2)13(10-11)15(18)17-8-6-12(19-3)7-9-17/h4-5,10,12,16H,6-9H2,1-3H3. The summed E-state index contributed by atoms with van der Waals surface area (Å²) in [5.41, 5.74) is 2.76. The number of rotatable bonds is 3. The van der Waals surface area contributed by atoms with Crippen molar-refractivity contribution in [3.05, 3.63) is 29.3 Å². The number of hydrogen-bond acceptors (Lipinski definition) is 3. The highest BCUT2D eigenvalue weighted by Gasteiger charge is 2.24. The third-order valence-electron chi connectivity index (χ3n) is 3.74. The molecule has 2 rings (SSSR count). The fourth-order valence-corrected chi connectivity index (χ4v) is 2.52. The Hall–Kier alpha value is -1.55. The Morgan fingerprint density at radius 3 is 2.63 bits per heavy atom. The van der Waals surface area contributed by atoms with E-state index >= 15 is 0 Å². The molecule has 4 heteroatoms. The van der Waals surface area contributed by atoms with Crippen LogP contribution in [0.5, 0.6) is 0 Å². The quantitative estimate of drug-likeness (QED) is 0.908. The van der Waals surface area contributed by atoms with E-state index in [9.17, 15) is 4.79 Å². The van der Waals surface area contributed by atoms with E-state index in [1.54, 1.807) is 7.11 Å². The number of carbonyl (C=O) groups excluding carboxylic acids is 1. The Balaban J connectivity index is 2.14. The maximum atomic E-state index is 12.6. The zero-order valence-corrected chi connectivity index (χ0v) is 11.9. The Labute approximate surface area is 114 Å². The first kappa shape index (κ1) is 13.9. The molecule has 1 fully saturated rings. The number of amides is 1. The molecule has 0 radical (unpaired) electrons. The first-order valence-corrected chi connectivity index (χ1v) is 6.76. The summed E-state index contributed by atoms with van der Waals surface area (Å²) in [7, 11) is 3.58. The van der Waals surface area contributed by atoms with Gasteiger partial charge in [-0.1, -0.05) is 11.6 Å². The minimum absolute atomic E-state index is 0.114. The van der Waals surface area contributed by atoms with Gasteiger partial charge in [0.2, 0.25) is 0 Å². The molecule has 1 saturated heterocycles. The number of aryl methyl sites for hydroxylation is 1. The SMILES string of the molecule is CNc1ccc(C)cc1C(=O)N1CCC(OC)CC1. The number of benzene rings is 1. The molecule has 1 aliphatic rings. The van der Waals surface area contributed by atoms with Gasteiger partial charge in [0.05, 0.1) is 11.7 Å². The van der Waals surface area contributed by atoms with E-state index in [1.165, 1.54) is 0 Å². The van der Waals surface area contributed by atoms with E-state index < -0.39 is 0 Å². The zero-order chi connectivity index (χ0) is 13.8. The van der Waals surface area contributed by atoms with Gasteiger partial charge in [0, 0.05) is 32.9 Å². The van der Waals surface area contributed by atoms with Crippen LogP contribution in [0.2, 0.25) is 0 Å². The van der Waals surface area contributed by atoms with Gasteiger partial charge in [-0.2, -0.15) is 0 Å². The number of piperidine rings is 1. The molecule has 1 amide bonds. The van der Waals surface area contributed by atoms with Gasteiger partial charge in [0.15, 0.2) is 0 Å². The molecule has 0 bridgehead atoms. The average molecular weight is 262 g/mol. The van der Waals surface area contributed by atoms with E-state index in [-0.39, 0.29) is 5.91 Å². The fourth-order valence-electron chi connectivity index (χ4n) is 2.52. The molecule has 4 nitrogen and oxygen atoms in total. The molecule has 1 heterocycles. The van der Waals surface area contributed by atoms with Crippen LogP contribution in [-0.4, -0.2) is 44.2 Å². The normalized spacial score (nSPS) is 16.5. The molecule has 0 unspecified atom stereocenters. The van der Waals surface area contributed by atoms with E-state index in [0.29, 0.717) is 6.10 Å². The number of likely N-dealkylation sites (tertiary alicyclic amines) is 1. The van der Waals surface area contributed by atoms with Gasteiger partial charge in [-0.15, -0.1) is 0 Å². The number of ether oxygens (including phenoxy) is 1. The number of methoxy groups -OCH3 is 1. The zero-order valence-electron chi connectivity index (χ0n) is 11.9. The van der Waals surface area contributed by atoms with Gasteiger partial charge in [0.1, 0.15) is 0 Å². The first-order valence-electron chi connectivity index (χ1n) is 6.76. The van der Waals surface area contributed by atoms with Crippen molar-refractivity contribution >= 4 is 11.6 Å². The van der Waals surface area contributed by atoms with Crippen LogP contribution in [0.1, 0.15) is 28.8 Å². The van der Waals surface area contributed by atoms with Gasteiger partial charge >= 0.3 is 0 Å². The van der Waals surface area contributed by atoms with Crippen molar-refractivity contribution in [2.75, 3.05) is 32.6 Å². The Morgan fingerprint density at radius 2 is 2.05 bits per heavy atom. The summed E-state index contributed by atoms with van der Waals surface area (Å²) in [6, 6.07) is 5.93. The summed E-state index contributed by atoms with van der Waals surface area (Å²) in [5, 5.41) is 3.09. The van der Waals surface area contributed by atoms with Crippen LogP contribution in [0.25, 0.3) is 0 Å². The second kappa shape index (κ2) is 6.06. The van der Waals surface area contributed by atoms with Crippen LogP contribution in [0, 0.1) is 6.92 Å². The Bertz CT molecular complexity index is 451. The van der Waals surface area contributed by atoms with Crippen LogP contribution in [0.3, 0.4) is 0 Å². The number of nitrogens with one attached hydrogen (secondary N) is 1. The third kappa shape index (κ3) is 3.07. The summed E-state index contributed by atoms with van der Waals surface area (Å²) in [4.78, 5) is 14.5. The van der Waals surface area contributed by atoms with Gasteiger partial charge in [-0.3, -0.25) is 4.79 Å². The lowest BCUT2D eigenvalue weighted by molar-refractivity contribution is 0.0351. The smallest absolute Gasteiger partial charge is 0.255 e. The molecule has 0 atom stereocenters. The van der Waals surface area contributed by atoms with Crippen molar-refractivity contribution in [2.24, 2.45) is 0 Å². The molecule has 0 saturated carbocycles. The van der Waals surface area contributed by atoms with Gasteiger partial charge < -0.3 is 15.0 Å². The average Bonchev–Trinajstić information content (AvgIpc) is 2.46. The minimum atomic E-state index is 0.114. The van der Waals surface area contributed by atoms with Crippen molar-refractivity contribution in [2.45, 2.75) is 25.9 Å². The number of hydrogen-bond donors (Lipinski definition) is 1. The van der Waals surface area contributed by atoms with E-state index in [2.05, 4.69) is 5.32 Å². The highest BCUT2D eigenvalue weighted by Crippen LogP contribution is 2.21. The van der Waals surface area contributed by atoms with Crippen LogP contribution in [0.15, 0.2) is 18.2 Å². The van der Waals surface area contributed by atoms with Crippen LogP contribution < -0.4 is 5.32 Å². The molecule has 19 heavy (non-hydrogen) atoms. The second-order valence-electron chi connectivity index (χ2n) is 5.03. The van der Waals surface area contributed by atoms with Crippen LogP contribution >= 0.6 is 0 Å². The summed E-state index contributed by atoms with van der Waals surface area (Å²) >= 11 is 0. The summed E-state index contributed by atoms with van der Waals surface area (Å²) < 4.78 is 5.34. The third-order valence-corrected chi connectivity index (χ3v) is 3.74. The lowest BCUT2D eigenvalue weighted by Gasteiger charge is -2.31. The van der Waals surface area contributed by atoms with Crippen molar-refractivity contribution < 1.29 is 9.53 Å².